The van der Waals surface area contributed by atoms with Crippen LogP contribution in [-0.4, -0.2) is 26.4 Å². The molecule has 0 saturated heterocycles. The van der Waals surface area contributed by atoms with Crippen molar-refractivity contribution in [1.29, 1.82) is 0 Å². The molecule has 1 amide bonds. The summed E-state index contributed by atoms with van der Waals surface area (Å²) in [6, 6.07) is 8.36. The van der Waals surface area contributed by atoms with Crippen LogP contribution in [-0.2, 0) is 17.8 Å². The van der Waals surface area contributed by atoms with E-state index in [2.05, 4.69) is 60.6 Å². The highest BCUT2D eigenvalue weighted by atomic mass is 32.2. The fourth-order valence-corrected chi connectivity index (χ4v) is 3.56. The minimum Gasteiger partial charge on any atom is -0.348 e. The first kappa shape index (κ1) is 20.3. The van der Waals surface area contributed by atoms with Gasteiger partial charge in [-0.2, -0.15) is 0 Å². The van der Waals surface area contributed by atoms with Crippen LogP contribution in [0.3, 0.4) is 0 Å². The molecule has 0 aliphatic rings. The molecule has 26 heavy (non-hydrogen) atoms. The number of nitrogens with zero attached hydrogens (tertiary/aromatic N) is 2. The normalized spacial score (nSPS) is 12.3. The number of H-pyrrole nitrogens is 1. The summed E-state index contributed by atoms with van der Waals surface area (Å²) < 4.78 is 1.57. The zero-order chi connectivity index (χ0) is 19.1. The molecule has 0 aliphatic carbocycles. The van der Waals surface area contributed by atoms with Crippen LogP contribution in [0.25, 0.3) is 0 Å². The van der Waals surface area contributed by atoms with Crippen LogP contribution >= 0.6 is 11.8 Å². The van der Waals surface area contributed by atoms with E-state index in [9.17, 15) is 9.59 Å². The van der Waals surface area contributed by atoms with Crippen LogP contribution in [0.15, 0.2) is 34.2 Å². The molecular weight excluding hydrogens is 348 g/mol. The number of aromatic amines is 1. The van der Waals surface area contributed by atoms with E-state index < -0.39 is 0 Å². The van der Waals surface area contributed by atoms with Crippen molar-refractivity contribution in [1.82, 2.24) is 20.1 Å². The maximum Gasteiger partial charge on any atom is 0.343 e. The second-order valence-corrected chi connectivity index (χ2v) is 7.58. The van der Waals surface area contributed by atoms with Crippen molar-refractivity contribution < 1.29 is 4.79 Å². The molecule has 0 fully saturated rings. The van der Waals surface area contributed by atoms with Crippen LogP contribution in [0.5, 0.6) is 0 Å². The van der Waals surface area contributed by atoms with Gasteiger partial charge in [0.1, 0.15) is 0 Å². The van der Waals surface area contributed by atoms with Crippen LogP contribution in [0.2, 0.25) is 0 Å². The number of carbonyl (C=O) groups excluding carboxylic acids is 1. The third-order valence-corrected chi connectivity index (χ3v) is 5.21. The van der Waals surface area contributed by atoms with Crippen molar-refractivity contribution >= 4 is 17.7 Å². The molecule has 7 heteroatoms. The van der Waals surface area contributed by atoms with Crippen molar-refractivity contribution in [3.63, 3.8) is 0 Å². The van der Waals surface area contributed by atoms with Crippen LogP contribution in [0.4, 0.5) is 0 Å². The average Bonchev–Trinajstić information content (AvgIpc) is 2.98. The number of hydrogen-bond acceptors (Lipinski definition) is 4. The predicted molar refractivity (Wildman–Crippen MR) is 105 cm³/mol. The van der Waals surface area contributed by atoms with Gasteiger partial charge in [0.2, 0.25) is 5.91 Å². The molecule has 2 aromatic rings. The lowest BCUT2D eigenvalue weighted by molar-refractivity contribution is -0.119. The fourth-order valence-electron chi connectivity index (χ4n) is 2.77. The van der Waals surface area contributed by atoms with Gasteiger partial charge in [0.25, 0.3) is 0 Å². The second-order valence-electron chi connectivity index (χ2n) is 6.64. The number of nitrogens with one attached hydrogen (secondary N) is 2. The van der Waals surface area contributed by atoms with Crippen molar-refractivity contribution in [3.8, 4) is 0 Å². The molecule has 2 N–H and O–H groups in total. The van der Waals surface area contributed by atoms with Crippen molar-refractivity contribution in [3.05, 3.63) is 45.9 Å². The van der Waals surface area contributed by atoms with Gasteiger partial charge in [-0.05, 0) is 29.9 Å². The lowest BCUT2D eigenvalue weighted by Gasteiger charge is -2.23. The number of carbonyl (C=O) groups is 1. The van der Waals surface area contributed by atoms with E-state index in [1.54, 1.807) is 4.57 Å². The van der Waals surface area contributed by atoms with Crippen LogP contribution in [0, 0.1) is 5.92 Å². The molecule has 0 saturated carbocycles. The number of benzene rings is 1. The van der Waals surface area contributed by atoms with E-state index in [0.717, 1.165) is 18.4 Å². The van der Waals surface area contributed by atoms with Crippen molar-refractivity contribution in [2.75, 3.05) is 5.75 Å². The van der Waals surface area contributed by atoms with E-state index in [1.165, 1.54) is 17.3 Å². The first-order valence-electron chi connectivity index (χ1n) is 9.12. The Balaban J connectivity index is 2.00. The average molecular weight is 377 g/mol. The molecule has 0 bridgehead atoms. The van der Waals surface area contributed by atoms with Gasteiger partial charge in [-0.1, -0.05) is 63.7 Å². The quantitative estimate of drug-likeness (QED) is 0.659. The third-order valence-electron chi connectivity index (χ3n) is 4.23. The third kappa shape index (κ3) is 5.24. The van der Waals surface area contributed by atoms with Gasteiger partial charge < -0.3 is 5.32 Å². The van der Waals surface area contributed by atoms with E-state index in [1.807, 2.05) is 6.92 Å². The highest BCUT2D eigenvalue weighted by Gasteiger charge is 2.19. The molecule has 0 unspecified atom stereocenters. The smallest absolute Gasteiger partial charge is 0.343 e. The zero-order valence-corrected chi connectivity index (χ0v) is 16.7. The largest absolute Gasteiger partial charge is 0.348 e. The Labute approximate surface area is 158 Å². The summed E-state index contributed by atoms with van der Waals surface area (Å²) in [5, 5.41) is 10.1. The summed E-state index contributed by atoms with van der Waals surface area (Å²) in [6.07, 6.45) is 1.83. The minimum absolute atomic E-state index is 0.0361. The van der Waals surface area contributed by atoms with Crippen molar-refractivity contribution in [2.24, 2.45) is 5.92 Å². The summed E-state index contributed by atoms with van der Waals surface area (Å²) in [7, 11) is 0. The first-order chi connectivity index (χ1) is 12.5. The molecule has 1 aromatic heterocycles. The SMILES string of the molecule is CCCn1c(SCC(=O)N[C@H](c2ccc(CC)cc2)C(C)C)n[nH]c1=O. The Kier molecular flexibility index (Phi) is 7.50. The number of aromatic nitrogens is 3. The van der Waals surface area contributed by atoms with E-state index in [-0.39, 0.29) is 29.3 Å². The molecule has 0 aliphatic heterocycles. The Morgan fingerprint density at radius 1 is 1.27 bits per heavy atom. The zero-order valence-electron chi connectivity index (χ0n) is 15.9. The van der Waals surface area contributed by atoms with Gasteiger partial charge in [0, 0.05) is 6.54 Å². The molecule has 1 aromatic carbocycles. The predicted octanol–water partition coefficient (Wildman–Crippen LogP) is 3.15. The molecule has 0 radical (unpaired) electrons. The Hall–Kier alpha value is -2.02. The van der Waals surface area contributed by atoms with Crippen LogP contribution < -0.4 is 11.0 Å². The Bertz CT molecular complexity index is 765. The fraction of sp³-hybridized carbons (Fsp3) is 0.526. The molecule has 2 rings (SSSR count). The minimum atomic E-state index is -0.231. The topological polar surface area (TPSA) is 79.8 Å². The number of thioether (sulfide) groups is 1. The van der Waals surface area contributed by atoms with E-state index in [4.69, 9.17) is 0 Å². The summed E-state index contributed by atoms with van der Waals surface area (Å²) in [6.45, 7) is 8.91. The molecule has 1 heterocycles. The monoisotopic (exact) mass is 376 g/mol. The number of aryl methyl sites for hydroxylation is 1. The lowest BCUT2D eigenvalue weighted by atomic mass is 9.95. The van der Waals surface area contributed by atoms with Gasteiger partial charge in [0.05, 0.1) is 11.8 Å². The van der Waals surface area contributed by atoms with Gasteiger partial charge in [-0.3, -0.25) is 9.36 Å². The van der Waals surface area contributed by atoms with Gasteiger partial charge in [-0.15, -0.1) is 5.10 Å². The molecule has 0 spiro atoms. The summed E-state index contributed by atoms with van der Waals surface area (Å²) in [5.74, 6) is 0.441. The maximum absolute atomic E-state index is 12.4. The van der Waals surface area contributed by atoms with Gasteiger partial charge in [0.15, 0.2) is 5.16 Å². The van der Waals surface area contributed by atoms with E-state index >= 15 is 0 Å². The highest BCUT2D eigenvalue weighted by molar-refractivity contribution is 7.99. The Morgan fingerprint density at radius 2 is 1.96 bits per heavy atom. The maximum atomic E-state index is 12.4. The standard InChI is InChI=1S/C19H28N4O2S/c1-5-11-23-18(25)21-22-19(23)26-12-16(24)20-17(13(3)4)15-9-7-14(6-2)8-10-15/h7-10,13,17H,5-6,11-12H2,1-4H3,(H,20,24)(H,21,25)/t17-/m0/s1. The summed E-state index contributed by atoms with van der Waals surface area (Å²) >= 11 is 1.28. The van der Waals surface area contributed by atoms with Gasteiger partial charge in [-0.25, -0.2) is 9.89 Å². The first-order valence-corrected chi connectivity index (χ1v) is 10.1. The molecule has 1 atom stereocenters. The molecular formula is C19H28N4O2S. The summed E-state index contributed by atoms with van der Waals surface area (Å²) in [5.41, 5.74) is 2.16. The lowest BCUT2D eigenvalue weighted by Crippen LogP contribution is -2.33. The summed E-state index contributed by atoms with van der Waals surface area (Å²) in [4.78, 5) is 24.2. The Morgan fingerprint density at radius 3 is 2.54 bits per heavy atom. The number of amides is 1. The molecule has 142 valence electrons. The van der Waals surface area contributed by atoms with Gasteiger partial charge >= 0.3 is 5.69 Å². The highest BCUT2D eigenvalue weighted by Crippen LogP contribution is 2.23. The van der Waals surface area contributed by atoms with Crippen LogP contribution in [0.1, 0.15) is 51.3 Å². The number of rotatable bonds is 9. The molecule has 6 nitrogen and oxygen atoms in total. The van der Waals surface area contributed by atoms with E-state index in [0.29, 0.717) is 11.7 Å². The second kappa shape index (κ2) is 9.62. The number of hydrogen-bond donors (Lipinski definition) is 2. The van der Waals surface area contributed by atoms with Crippen molar-refractivity contribution in [2.45, 2.75) is 58.3 Å².